The summed E-state index contributed by atoms with van der Waals surface area (Å²) < 4.78 is 46.2. The van der Waals surface area contributed by atoms with Crippen LogP contribution in [-0.2, 0) is 16.1 Å². The quantitative estimate of drug-likeness (QED) is 0.267. The maximum absolute atomic E-state index is 13.8. The molecule has 0 amide bonds. The van der Waals surface area contributed by atoms with E-state index >= 15 is 0 Å². The van der Waals surface area contributed by atoms with Gasteiger partial charge in [-0.15, -0.1) is 0 Å². The normalized spacial score (nSPS) is 21.7. The lowest BCUT2D eigenvalue weighted by molar-refractivity contribution is -0.147. The largest absolute Gasteiger partial charge is 0.460 e. The molecule has 0 aromatic heterocycles. The Labute approximate surface area is 162 Å². The van der Waals surface area contributed by atoms with Crippen LogP contribution in [-0.4, -0.2) is 5.97 Å². The van der Waals surface area contributed by atoms with Crippen LogP contribution >= 0.6 is 54.5 Å². The van der Waals surface area contributed by atoms with Crippen molar-refractivity contribution in [1.29, 1.82) is 0 Å². The molecule has 0 aliphatic heterocycles. The van der Waals surface area contributed by atoms with Crippen LogP contribution in [0.5, 0.6) is 0 Å². The van der Waals surface area contributed by atoms with Gasteiger partial charge in [-0.3, -0.25) is 4.79 Å². The molecule has 0 spiro atoms. The van der Waals surface area contributed by atoms with Gasteiger partial charge in [0.1, 0.15) is 12.4 Å². The average Bonchev–Trinajstić information content (AvgIpc) is 2.96. The van der Waals surface area contributed by atoms with E-state index in [0.29, 0.717) is 6.07 Å². The summed E-state index contributed by atoms with van der Waals surface area (Å²) in [6, 6.07) is 0.473. The second kappa shape index (κ2) is 7.03. The third-order valence-corrected chi connectivity index (χ3v) is 5.73. The van der Waals surface area contributed by atoms with Gasteiger partial charge >= 0.3 is 5.97 Å². The van der Waals surface area contributed by atoms with E-state index in [1.54, 1.807) is 22.6 Å². The van der Waals surface area contributed by atoms with Crippen molar-refractivity contribution in [3.05, 3.63) is 42.1 Å². The van der Waals surface area contributed by atoms with Crippen molar-refractivity contribution >= 4 is 60.4 Å². The lowest BCUT2D eigenvalue weighted by atomic mass is 10.1. The van der Waals surface area contributed by atoms with Gasteiger partial charge in [-0.1, -0.05) is 19.9 Å². The molecule has 1 aliphatic rings. The molecule has 1 saturated carbocycles. The van der Waals surface area contributed by atoms with Crippen molar-refractivity contribution in [1.82, 2.24) is 0 Å². The zero-order valence-corrected chi connectivity index (χ0v) is 17.4. The van der Waals surface area contributed by atoms with Gasteiger partial charge in [-0.2, -0.15) is 0 Å². The zero-order valence-electron chi connectivity index (χ0n) is 12.1. The van der Waals surface area contributed by atoms with Crippen molar-refractivity contribution in [2.24, 2.45) is 17.3 Å². The van der Waals surface area contributed by atoms with Crippen LogP contribution in [0.4, 0.5) is 13.2 Å². The molecule has 0 radical (unpaired) electrons. The SMILES string of the molecule is CC1(C)[C@H](C(=O)OCc2c(F)c(F)cc(F)c2I)[C@@H]1C=C(Br)Br. The molecule has 0 N–H and O–H groups in total. The van der Waals surface area contributed by atoms with E-state index in [9.17, 15) is 18.0 Å². The van der Waals surface area contributed by atoms with E-state index in [1.807, 2.05) is 19.9 Å². The van der Waals surface area contributed by atoms with E-state index in [-0.39, 0.29) is 26.4 Å². The molecule has 2 nitrogen and oxygen atoms in total. The van der Waals surface area contributed by atoms with Crippen molar-refractivity contribution < 1.29 is 22.7 Å². The Bertz CT molecular complexity index is 662. The van der Waals surface area contributed by atoms with Gasteiger partial charge in [-0.05, 0) is 65.8 Å². The third kappa shape index (κ3) is 3.95. The molecule has 1 fully saturated rings. The van der Waals surface area contributed by atoms with E-state index in [1.165, 1.54) is 0 Å². The van der Waals surface area contributed by atoms with Crippen LogP contribution in [0.2, 0.25) is 0 Å². The summed E-state index contributed by atoms with van der Waals surface area (Å²) in [6.07, 6.45) is 1.85. The van der Waals surface area contributed by atoms with Crippen LogP contribution in [0.1, 0.15) is 19.4 Å². The van der Waals surface area contributed by atoms with Gasteiger partial charge in [0, 0.05) is 11.6 Å². The Balaban J connectivity index is 2.11. The number of hydrogen-bond donors (Lipinski definition) is 0. The van der Waals surface area contributed by atoms with Crippen LogP contribution in [0.15, 0.2) is 15.5 Å². The van der Waals surface area contributed by atoms with Crippen molar-refractivity contribution in [2.75, 3.05) is 0 Å². The molecule has 0 heterocycles. The van der Waals surface area contributed by atoms with Crippen LogP contribution in [0, 0.1) is 38.3 Å². The average molecular weight is 568 g/mol. The monoisotopic (exact) mass is 566 g/mol. The number of ether oxygens (including phenoxy) is 1. The summed E-state index contributed by atoms with van der Waals surface area (Å²) in [6.45, 7) is 3.32. The Hall–Kier alpha value is -0.0900. The first-order valence-corrected chi connectivity index (χ1v) is 9.25. The molecule has 2 rings (SSSR count). The number of esters is 1. The van der Waals surface area contributed by atoms with Crippen LogP contribution < -0.4 is 0 Å². The number of carbonyl (C=O) groups excluding carboxylic acids is 1. The van der Waals surface area contributed by atoms with Gasteiger partial charge in [0.15, 0.2) is 11.6 Å². The molecule has 8 heteroatoms. The van der Waals surface area contributed by atoms with Crippen LogP contribution in [0.25, 0.3) is 0 Å². The predicted octanol–water partition coefficient (Wildman–Crippen LogP) is 5.66. The lowest BCUT2D eigenvalue weighted by Crippen LogP contribution is -2.13. The Kier molecular flexibility index (Phi) is 5.88. The first-order valence-electron chi connectivity index (χ1n) is 6.58. The number of allylic oxidation sites excluding steroid dienone is 1. The molecule has 1 aromatic carbocycles. The summed E-state index contributed by atoms with van der Waals surface area (Å²) in [5, 5.41) is 0. The minimum absolute atomic E-state index is 0.0306. The fourth-order valence-electron chi connectivity index (χ4n) is 2.56. The first-order chi connectivity index (χ1) is 10.6. The fraction of sp³-hybridized carbons (Fsp3) is 0.400. The summed E-state index contributed by atoms with van der Waals surface area (Å²) in [5.41, 5.74) is -0.577. The Morgan fingerprint density at radius 1 is 1.35 bits per heavy atom. The van der Waals surface area contributed by atoms with Crippen molar-refractivity contribution in [3.8, 4) is 0 Å². The minimum atomic E-state index is -1.30. The molecular weight excluding hydrogens is 556 g/mol. The smallest absolute Gasteiger partial charge is 0.310 e. The highest BCUT2D eigenvalue weighted by molar-refractivity contribution is 14.1. The maximum Gasteiger partial charge on any atom is 0.310 e. The standard InChI is InChI=1S/C15H12Br2F3IO2/c1-15(2)7(3-10(16)17)11(15)14(22)23-5-6-12(20)8(18)4-9(19)13(6)21/h3-4,7,11H,5H2,1-2H3/t7-,11-/m0/s1. The van der Waals surface area contributed by atoms with Gasteiger partial charge in [0.05, 0.1) is 12.9 Å². The number of rotatable bonds is 4. The second-order valence-electron chi connectivity index (χ2n) is 5.84. The number of halogens is 6. The Morgan fingerprint density at radius 3 is 2.52 bits per heavy atom. The maximum atomic E-state index is 13.8. The molecule has 2 atom stereocenters. The lowest BCUT2D eigenvalue weighted by Gasteiger charge is -2.10. The third-order valence-electron chi connectivity index (χ3n) is 4.03. The molecule has 0 saturated heterocycles. The van der Waals surface area contributed by atoms with E-state index < -0.39 is 30.0 Å². The number of carbonyl (C=O) groups is 1. The molecule has 1 aromatic rings. The van der Waals surface area contributed by atoms with Gasteiger partial charge in [0.2, 0.25) is 0 Å². The van der Waals surface area contributed by atoms with Gasteiger partial charge < -0.3 is 4.74 Å². The molecule has 0 unspecified atom stereocenters. The number of benzene rings is 1. The summed E-state index contributed by atoms with van der Waals surface area (Å²) in [7, 11) is 0. The predicted molar refractivity (Wildman–Crippen MR) is 95.5 cm³/mol. The van der Waals surface area contributed by atoms with Gasteiger partial charge in [0.25, 0.3) is 0 Å². The van der Waals surface area contributed by atoms with Gasteiger partial charge in [-0.25, -0.2) is 13.2 Å². The zero-order chi connectivity index (χ0) is 17.5. The fourth-order valence-corrected chi connectivity index (χ4v) is 3.67. The first kappa shape index (κ1) is 19.2. The van der Waals surface area contributed by atoms with Crippen molar-refractivity contribution in [2.45, 2.75) is 20.5 Å². The Morgan fingerprint density at radius 2 is 1.96 bits per heavy atom. The van der Waals surface area contributed by atoms with Crippen LogP contribution in [0.3, 0.4) is 0 Å². The molecule has 0 bridgehead atoms. The highest BCUT2D eigenvalue weighted by Gasteiger charge is 2.61. The second-order valence-corrected chi connectivity index (χ2v) is 9.69. The molecular formula is C15H12Br2F3IO2. The molecule has 23 heavy (non-hydrogen) atoms. The minimum Gasteiger partial charge on any atom is -0.460 e. The molecule has 1 aliphatic carbocycles. The number of hydrogen-bond acceptors (Lipinski definition) is 2. The van der Waals surface area contributed by atoms with E-state index in [2.05, 4.69) is 31.9 Å². The summed E-state index contributed by atoms with van der Waals surface area (Å²) >= 11 is 8.05. The summed E-state index contributed by atoms with van der Waals surface area (Å²) in [5.74, 6) is -4.31. The van der Waals surface area contributed by atoms with E-state index in [0.717, 1.165) is 3.39 Å². The summed E-state index contributed by atoms with van der Waals surface area (Å²) in [4.78, 5) is 12.2. The topological polar surface area (TPSA) is 26.3 Å². The molecule has 126 valence electrons. The highest BCUT2D eigenvalue weighted by atomic mass is 127. The van der Waals surface area contributed by atoms with E-state index in [4.69, 9.17) is 4.74 Å². The van der Waals surface area contributed by atoms with Crippen molar-refractivity contribution in [3.63, 3.8) is 0 Å². The highest BCUT2D eigenvalue weighted by Crippen LogP contribution is 2.60.